The minimum absolute atomic E-state index is 0.144. The van der Waals surface area contributed by atoms with E-state index in [1.54, 1.807) is 0 Å². The van der Waals surface area contributed by atoms with Crippen molar-refractivity contribution in [2.75, 3.05) is 0 Å². The van der Waals surface area contributed by atoms with Crippen molar-refractivity contribution >= 4 is 12.2 Å². The molecule has 1 rings (SSSR count). The number of nitrogens with zero attached hydrogens (tertiary/aromatic N) is 1. The van der Waals surface area contributed by atoms with Gasteiger partial charge in [0.05, 0.1) is 0 Å². The number of carbonyl (C=O) groups is 1. The highest BCUT2D eigenvalue weighted by Crippen LogP contribution is 2.20. The van der Waals surface area contributed by atoms with Crippen LogP contribution >= 0.6 is 0 Å². The zero-order chi connectivity index (χ0) is 8.10. The van der Waals surface area contributed by atoms with E-state index in [0.717, 1.165) is 31.9 Å². The van der Waals surface area contributed by atoms with Crippen LogP contribution in [0.1, 0.15) is 25.7 Å². The van der Waals surface area contributed by atoms with Crippen LogP contribution in [0.3, 0.4) is 0 Å². The van der Waals surface area contributed by atoms with Gasteiger partial charge >= 0.3 is 5.97 Å². The average molecular weight is 157 g/mol. The molecule has 0 atom stereocenters. The van der Waals surface area contributed by atoms with E-state index in [1.165, 1.54) is 0 Å². The lowest BCUT2D eigenvalue weighted by Gasteiger charge is -2.03. The Morgan fingerprint density at radius 1 is 1.55 bits per heavy atom. The Kier molecular flexibility index (Phi) is 2.89. The first-order chi connectivity index (χ1) is 5.29. The Hall–Kier alpha value is -1.06. The number of hydrogen-bond donors (Lipinski definition) is 1. The molecule has 0 aromatic carbocycles. The van der Waals surface area contributed by atoms with E-state index in [2.05, 4.69) is 5.16 Å². The van der Waals surface area contributed by atoms with E-state index in [-0.39, 0.29) is 6.10 Å². The molecule has 4 heteroatoms. The second-order valence-corrected chi connectivity index (χ2v) is 2.58. The van der Waals surface area contributed by atoms with Gasteiger partial charge < -0.3 is 9.94 Å². The van der Waals surface area contributed by atoms with Crippen LogP contribution in [-0.4, -0.2) is 23.4 Å². The molecule has 1 aliphatic rings. The molecule has 11 heavy (non-hydrogen) atoms. The first-order valence-corrected chi connectivity index (χ1v) is 3.71. The molecule has 1 saturated carbocycles. The summed E-state index contributed by atoms with van der Waals surface area (Å²) in [6.07, 6.45) is 5.23. The molecular weight excluding hydrogens is 146 g/mol. The van der Waals surface area contributed by atoms with Crippen LogP contribution in [0.4, 0.5) is 0 Å². The molecule has 1 aliphatic carbocycles. The van der Waals surface area contributed by atoms with Crippen molar-refractivity contribution < 1.29 is 14.7 Å². The van der Waals surface area contributed by atoms with Crippen LogP contribution in [0.15, 0.2) is 5.16 Å². The van der Waals surface area contributed by atoms with Gasteiger partial charge in [-0.05, 0) is 25.7 Å². The standard InChI is InChI=1S/C7H11NO3/c9-7(10)5-8-11-6-3-1-2-4-6/h5-6H,1-4H2,(H,9,10). The van der Waals surface area contributed by atoms with Crippen molar-refractivity contribution in [1.29, 1.82) is 0 Å². The molecule has 0 aliphatic heterocycles. The molecule has 4 nitrogen and oxygen atoms in total. The predicted octanol–water partition coefficient (Wildman–Crippen LogP) is 1.02. The van der Waals surface area contributed by atoms with Gasteiger partial charge in [0.15, 0.2) is 6.21 Å². The SMILES string of the molecule is O=C(O)C=NOC1CCCC1. The highest BCUT2D eigenvalue weighted by atomic mass is 16.6. The third-order valence-electron chi connectivity index (χ3n) is 1.68. The largest absolute Gasteiger partial charge is 0.477 e. The van der Waals surface area contributed by atoms with Gasteiger partial charge in [-0.1, -0.05) is 5.16 Å². The molecule has 0 unspecified atom stereocenters. The normalized spacial score (nSPS) is 19.3. The van der Waals surface area contributed by atoms with Crippen molar-refractivity contribution in [2.24, 2.45) is 5.16 Å². The Labute approximate surface area is 64.8 Å². The third kappa shape index (κ3) is 3.02. The maximum absolute atomic E-state index is 9.94. The van der Waals surface area contributed by atoms with Crippen LogP contribution in [0, 0.1) is 0 Å². The van der Waals surface area contributed by atoms with Crippen LogP contribution in [0.2, 0.25) is 0 Å². The number of rotatable bonds is 3. The van der Waals surface area contributed by atoms with Crippen molar-refractivity contribution in [2.45, 2.75) is 31.8 Å². The van der Waals surface area contributed by atoms with Crippen molar-refractivity contribution in [3.8, 4) is 0 Å². The van der Waals surface area contributed by atoms with Gasteiger partial charge in [0, 0.05) is 0 Å². The third-order valence-corrected chi connectivity index (χ3v) is 1.68. The highest BCUT2D eigenvalue weighted by molar-refractivity contribution is 6.21. The smallest absolute Gasteiger partial charge is 0.350 e. The molecule has 1 fully saturated rings. The molecule has 0 bridgehead atoms. The maximum atomic E-state index is 9.94. The molecule has 0 aromatic rings. The zero-order valence-electron chi connectivity index (χ0n) is 6.19. The number of carboxylic acids is 1. The minimum atomic E-state index is -1.07. The van der Waals surface area contributed by atoms with E-state index in [9.17, 15) is 4.79 Å². The fraction of sp³-hybridized carbons (Fsp3) is 0.714. The Balaban J connectivity index is 2.15. The molecule has 0 spiro atoms. The summed E-state index contributed by atoms with van der Waals surface area (Å²) in [6.45, 7) is 0. The summed E-state index contributed by atoms with van der Waals surface area (Å²) >= 11 is 0. The Bertz CT molecular complexity index is 161. The first-order valence-electron chi connectivity index (χ1n) is 3.71. The Morgan fingerprint density at radius 2 is 2.18 bits per heavy atom. The summed E-state index contributed by atoms with van der Waals surface area (Å²) in [4.78, 5) is 14.8. The number of oxime groups is 1. The number of carboxylic acid groups (broad SMARTS) is 1. The molecule has 0 aromatic heterocycles. The van der Waals surface area contributed by atoms with Crippen LogP contribution in [0.25, 0.3) is 0 Å². The molecule has 62 valence electrons. The summed E-state index contributed by atoms with van der Waals surface area (Å²) in [5, 5.41) is 11.5. The van der Waals surface area contributed by atoms with E-state index in [0.29, 0.717) is 0 Å². The summed E-state index contributed by atoms with van der Waals surface area (Å²) in [5.74, 6) is -1.07. The lowest BCUT2D eigenvalue weighted by molar-refractivity contribution is -0.129. The summed E-state index contributed by atoms with van der Waals surface area (Å²) in [7, 11) is 0. The zero-order valence-corrected chi connectivity index (χ0v) is 6.19. The van der Waals surface area contributed by atoms with Crippen LogP contribution in [0.5, 0.6) is 0 Å². The molecule has 0 saturated heterocycles. The lowest BCUT2D eigenvalue weighted by atomic mass is 10.3. The van der Waals surface area contributed by atoms with Crippen molar-refractivity contribution in [3.05, 3.63) is 0 Å². The monoisotopic (exact) mass is 157 g/mol. The second kappa shape index (κ2) is 3.95. The first kappa shape index (κ1) is 8.04. The molecule has 0 heterocycles. The lowest BCUT2D eigenvalue weighted by Crippen LogP contribution is -2.04. The van der Waals surface area contributed by atoms with Gasteiger partial charge in [-0.25, -0.2) is 4.79 Å². The molecule has 0 radical (unpaired) electrons. The summed E-state index contributed by atoms with van der Waals surface area (Å²) < 4.78 is 0. The summed E-state index contributed by atoms with van der Waals surface area (Å²) in [5.41, 5.74) is 0. The molecule has 0 amide bonds. The average Bonchev–Trinajstić information content (AvgIpc) is 2.39. The van der Waals surface area contributed by atoms with Crippen molar-refractivity contribution in [1.82, 2.24) is 0 Å². The van der Waals surface area contributed by atoms with Gasteiger partial charge in [0.2, 0.25) is 0 Å². The minimum Gasteiger partial charge on any atom is -0.477 e. The van der Waals surface area contributed by atoms with Crippen LogP contribution in [-0.2, 0) is 9.63 Å². The van der Waals surface area contributed by atoms with Crippen LogP contribution < -0.4 is 0 Å². The number of hydrogen-bond acceptors (Lipinski definition) is 3. The highest BCUT2D eigenvalue weighted by Gasteiger charge is 2.15. The quantitative estimate of drug-likeness (QED) is 0.491. The second-order valence-electron chi connectivity index (χ2n) is 2.58. The fourth-order valence-corrected chi connectivity index (χ4v) is 1.16. The van der Waals surface area contributed by atoms with E-state index < -0.39 is 5.97 Å². The fourth-order valence-electron chi connectivity index (χ4n) is 1.16. The van der Waals surface area contributed by atoms with E-state index >= 15 is 0 Å². The van der Waals surface area contributed by atoms with Gasteiger partial charge in [-0.15, -0.1) is 0 Å². The topological polar surface area (TPSA) is 58.9 Å². The number of aliphatic carboxylic acids is 1. The van der Waals surface area contributed by atoms with Gasteiger partial charge in [0.1, 0.15) is 6.10 Å². The van der Waals surface area contributed by atoms with E-state index in [1.807, 2.05) is 0 Å². The van der Waals surface area contributed by atoms with Gasteiger partial charge in [0.25, 0.3) is 0 Å². The summed E-state index contributed by atoms with van der Waals surface area (Å²) in [6, 6.07) is 0. The maximum Gasteiger partial charge on any atom is 0.350 e. The Morgan fingerprint density at radius 3 is 2.73 bits per heavy atom. The predicted molar refractivity (Wildman–Crippen MR) is 39.5 cm³/mol. The molecular formula is C7H11NO3. The van der Waals surface area contributed by atoms with Gasteiger partial charge in [-0.2, -0.15) is 0 Å². The van der Waals surface area contributed by atoms with E-state index in [4.69, 9.17) is 9.94 Å². The molecule has 1 N–H and O–H groups in total. The van der Waals surface area contributed by atoms with Gasteiger partial charge in [-0.3, -0.25) is 0 Å². The van der Waals surface area contributed by atoms with Crippen molar-refractivity contribution in [3.63, 3.8) is 0 Å².